The van der Waals surface area contributed by atoms with Crippen LogP contribution in [0, 0.1) is 5.82 Å². The average Bonchev–Trinajstić information content (AvgIpc) is 2.80. The van der Waals surface area contributed by atoms with Crippen molar-refractivity contribution in [1.29, 1.82) is 0 Å². The van der Waals surface area contributed by atoms with E-state index in [2.05, 4.69) is 9.97 Å². The number of pyridine rings is 2. The molecular formula is C24H20FN3O3. The molecule has 0 unspecified atom stereocenters. The zero-order valence-corrected chi connectivity index (χ0v) is 16.8. The number of rotatable bonds is 6. The number of halogens is 1. The van der Waals surface area contributed by atoms with E-state index < -0.39 is 5.97 Å². The summed E-state index contributed by atoms with van der Waals surface area (Å²) in [4.78, 5) is 21.0. The number of fused-ring (bicyclic) bond motifs is 1. The number of ether oxygens (including phenoxy) is 2. The van der Waals surface area contributed by atoms with Gasteiger partial charge in [-0.2, -0.15) is 0 Å². The van der Waals surface area contributed by atoms with Gasteiger partial charge in [0.15, 0.2) is 11.4 Å². The second kappa shape index (κ2) is 8.79. The molecule has 0 aliphatic heterocycles. The summed E-state index contributed by atoms with van der Waals surface area (Å²) >= 11 is 0. The molecule has 0 aliphatic rings. The van der Waals surface area contributed by atoms with Crippen LogP contribution in [0.2, 0.25) is 0 Å². The molecule has 0 saturated heterocycles. The number of anilines is 1. The summed E-state index contributed by atoms with van der Waals surface area (Å²) in [5.41, 5.74) is 9.27. The molecule has 0 fully saturated rings. The Morgan fingerprint density at radius 2 is 1.77 bits per heavy atom. The van der Waals surface area contributed by atoms with Gasteiger partial charge in [0, 0.05) is 11.6 Å². The Bertz CT molecular complexity index is 1230. The van der Waals surface area contributed by atoms with Gasteiger partial charge in [0.1, 0.15) is 23.8 Å². The lowest BCUT2D eigenvalue weighted by atomic mass is 10.0. The van der Waals surface area contributed by atoms with Crippen LogP contribution in [0.5, 0.6) is 5.75 Å². The van der Waals surface area contributed by atoms with Crippen LogP contribution in [0.4, 0.5) is 10.2 Å². The van der Waals surface area contributed by atoms with Gasteiger partial charge in [-0.3, -0.25) is 4.98 Å². The van der Waals surface area contributed by atoms with Crippen molar-refractivity contribution in [3.05, 3.63) is 95.1 Å². The Hall–Kier alpha value is -4.00. The van der Waals surface area contributed by atoms with Crippen molar-refractivity contribution in [1.82, 2.24) is 9.97 Å². The molecule has 0 radical (unpaired) electrons. The highest BCUT2D eigenvalue weighted by molar-refractivity contribution is 6.01. The zero-order chi connectivity index (χ0) is 21.8. The van der Waals surface area contributed by atoms with Crippen molar-refractivity contribution in [2.24, 2.45) is 0 Å². The summed E-state index contributed by atoms with van der Waals surface area (Å²) in [6.45, 7) is 0.227. The number of esters is 1. The third-order valence-electron chi connectivity index (χ3n) is 4.81. The first-order valence-electron chi connectivity index (χ1n) is 9.62. The highest BCUT2D eigenvalue weighted by Gasteiger charge is 2.22. The summed E-state index contributed by atoms with van der Waals surface area (Å²) in [6.07, 6.45) is 2.23. The van der Waals surface area contributed by atoms with Crippen LogP contribution < -0.4 is 10.5 Å². The topological polar surface area (TPSA) is 87.3 Å². The molecule has 0 spiro atoms. The van der Waals surface area contributed by atoms with Crippen molar-refractivity contribution in [3.8, 4) is 5.75 Å². The summed E-state index contributed by atoms with van der Waals surface area (Å²) in [6, 6.07) is 17.7. The summed E-state index contributed by atoms with van der Waals surface area (Å²) in [5.74, 6) is -0.581. The largest absolute Gasteiger partial charge is 0.484 e. The SMILES string of the molecule is COC(=O)c1nc(N)c2cc(Cc3ccc(F)cc3)cnc2c1OCc1ccccc1. The first kappa shape index (κ1) is 20.3. The molecule has 4 rings (SSSR count). The third kappa shape index (κ3) is 4.45. The van der Waals surface area contributed by atoms with Crippen LogP contribution in [-0.4, -0.2) is 23.0 Å². The average molecular weight is 417 g/mol. The first-order valence-corrected chi connectivity index (χ1v) is 9.62. The second-order valence-electron chi connectivity index (χ2n) is 6.98. The molecule has 156 valence electrons. The molecule has 2 heterocycles. The number of benzene rings is 2. The van der Waals surface area contributed by atoms with Crippen molar-refractivity contribution in [2.75, 3.05) is 12.8 Å². The van der Waals surface area contributed by atoms with Gasteiger partial charge in [-0.05, 0) is 41.3 Å². The molecule has 2 N–H and O–H groups in total. The lowest BCUT2D eigenvalue weighted by Gasteiger charge is -2.14. The van der Waals surface area contributed by atoms with Gasteiger partial charge < -0.3 is 15.2 Å². The molecule has 2 aromatic heterocycles. The molecule has 6 nitrogen and oxygen atoms in total. The van der Waals surface area contributed by atoms with E-state index in [0.29, 0.717) is 17.3 Å². The Labute approximate surface area is 178 Å². The standard InChI is InChI=1S/C24H20FN3O3/c1-30-24(29)21-22(31-14-16-5-3-2-4-6-16)20-19(23(26)28-21)12-17(13-27-20)11-15-7-9-18(25)10-8-15/h2-10,12-13H,11,14H2,1H3,(H2,26,28). The molecular weight excluding hydrogens is 397 g/mol. The maximum absolute atomic E-state index is 13.2. The lowest BCUT2D eigenvalue weighted by Crippen LogP contribution is -2.11. The van der Waals surface area contributed by atoms with Gasteiger partial charge in [-0.15, -0.1) is 0 Å². The smallest absolute Gasteiger partial charge is 0.360 e. The third-order valence-corrected chi connectivity index (χ3v) is 4.81. The highest BCUT2D eigenvalue weighted by atomic mass is 19.1. The number of carbonyl (C=O) groups excluding carboxylic acids is 1. The van der Waals surface area contributed by atoms with Crippen LogP contribution in [0.25, 0.3) is 10.9 Å². The van der Waals surface area contributed by atoms with Crippen molar-refractivity contribution < 1.29 is 18.7 Å². The molecule has 0 bridgehead atoms. The van der Waals surface area contributed by atoms with E-state index in [1.807, 2.05) is 36.4 Å². The minimum absolute atomic E-state index is 0.0257. The van der Waals surface area contributed by atoms with Crippen molar-refractivity contribution >= 4 is 22.7 Å². The molecule has 2 aromatic carbocycles. The summed E-state index contributed by atoms with van der Waals surface area (Å²) in [5, 5.41) is 0.565. The van der Waals surface area contributed by atoms with Gasteiger partial charge in [0.05, 0.1) is 7.11 Å². The fraction of sp³-hybridized carbons (Fsp3) is 0.125. The molecule has 4 aromatic rings. The maximum atomic E-state index is 13.2. The number of methoxy groups -OCH3 is 1. The van der Waals surface area contributed by atoms with E-state index in [0.717, 1.165) is 16.7 Å². The van der Waals surface area contributed by atoms with E-state index in [9.17, 15) is 9.18 Å². The van der Waals surface area contributed by atoms with Crippen LogP contribution >= 0.6 is 0 Å². The van der Waals surface area contributed by atoms with E-state index >= 15 is 0 Å². The van der Waals surface area contributed by atoms with Gasteiger partial charge in [-0.1, -0.05) is 42.5 Å². The fourth-order valence-corrected chi connectivity index (χ4v) is 3.26. The zero-order valence-electron chi connectivity index (χ0n) is 16.8. The normalized spacial score (nSPS) is 10.8. The molecule has 7 heteroatoms. The van der Waals surface area contributed by atoms with E-state index in [-0.39, 0.29) is 29.7 Å². The molecule has 0 amide bonds. The Balaban J connectivity index is 1.74. The van der Waals surface area contributed by atoms with Crippen LogP contribution in [0.15, 0.2) is 66.9 Å². The molecule has 0 aliphatic carbocycles. The monoisotopic (exact) mass is 417 g/mol. The van der Waals surface area contributed by atoms with Gasteiger partial charge in [-0.25, -0.2) is 14.2 Å². The van der Waals surface area contributed by atoms with Gasteiger partial charge >= 0.3 is 5.97 Å². The Morgan fingerprint density at radius 1 is 1.03 bits per heavy atom. The summed E-state index contributed by atoms with van der Waals surface area (Å²) in [7, 11) is 1.27. The second-order valence-corrected chi connectivity index (χ2v) is 6.98. The van der Waals surface area contributed by atoms with Gasteiger partial charge in [0.25, 0.3) is 0 Å². The lowest BCUT2D eigenvalue weighted by molar-refractivity contribution is 0.0589. The maximum Gasteiger partial charge on any atom is 0.360 e. The van der Waals surface area contributed by atoms with Crippen molar-refractivity contribution in [3.63, 3.8) is 0 Å². The highest BCUT2D eigenvalue weighted by Crippen LogP contribution is 2.32. The number of hydrogen-bond acceptors (Lipinski definition) is 6. The van der Waals surface area contributed by atoms with Crippen molar-refractivity contribution in [2.45, 2.75) is 13.0 Å². The number of nitrogen functional groups attached to an aromatic ring is 1. The molecule has 0 atom stereocenters. The first-order chi connectivity index (χ1) is 15.0. The minimum Gasteiger partial charge on any atom is -0.484 e. The van der Waals surface area contributed by atoms with Crippen LogP contribution in [-0.2, 0) is 17.8 Å². The Kier molecular flexibility index (Phi) is 5.75. The van der Waals surface area contributed by atoms with E-state index in [1.165, 1.54) is 19.2 Å². The van der Waals surface area contributed by atoms with Gasteiger partial charge in [0.2, 0.25) is 0 Å². The van der Waals surface area contributed by atoms with E-state index in [1.54, 1.807) is 18.3 Å². The number of hydrogen-bond donors (Lipinski definition) is 1. The van der Waals surface area contributed by atoms with Crippen LogP contribution in [0.3, 0.4) is 0 Å². The predicted molar refractivity (Wildman–Crippen MR) is 115 cm³/mol. The number of nitrogens with zero attached hydrogens (tertiary/aromatic N) is 2. The quantitative estimate of drug-likeness (QED) is 0.471. The summed E-state index contributed by atoms with van der Waals surface area (Å²) < 4.78 is 24.0. The molecule has 31 heavy (non-hydrogen) atoms. The van der Waals surface area contributed by atoms with E-state index in [4.69, 9.17) is 15.2 Å². The van der Waals surface area contributed by atoms with Crippen LogP contribution in [0.1, 0.15) is 27.2 Å². The predicted octanol–water partition coefficient (Wildman–Crippen LogP) is 4.31. The fourth-order valence-electron chi connectivity index (χ4n) is 3.26. The number of carbonyl (C=O) groups is 1. The minimum atomic E-state index is -0.658. The number of nitrogens with two attached hydrogens (primary N) is 1. The molecule has 0 saturated carbocycles. The Morgan fingerprint density at radius 3 is 2.48 bits per heavy atom. The number of aromatic nitrogens is 2.